The Morgan fingerprint density at radius 2 is 2.16 bits per heavy atom. The summed E-state index contributed by atoms with van der Waals surface area (Å²) < 4.78 is 42.6. The van der Waals surface area contributed by atoms with Crippen LogP contribution in [-0.4, -0.2) is 35.0 Å². The lowest BCUT2D eigenvalue weighted by molar-refractivity contribution is -0.176. The number of rotatable bonds is 8. The minimum atomic E-state index is -4.36. The number of nitrogens with zero attached hydrogens (tertiary/aromatic N) is 2. The molecule has 0 spiro atoms. The zero-order chi connectivity index (χ0) is 18.3. The van der Waals surface area contributed by atoms with E-state index in [-0.39, 0.29) is 12.5 Å². The summed E-state index contributed by atoms with van der Waals surface area (Å²) >= 11 is 0. The Morgan fingerprint density at radius 1 is 1.36 bits per heavy atom. The fourth-order valence-corrected chi connectivity index (χ4v) is 2.22. The molecule has 0 saturated carbocycles. The number of aromatic nitrogens is 2. The first kappa shape index (κ1) is 19.0. The van der Waals surface area contributed by atoms with Crippen molar-refractivity contribution >= 4 is 5.91 Å². The van der Waals surface area contributed by atoms with Crippen molar-refractivity contribution in [2.75, 3.05) is 13.2 Å². The minimum absolute atomic E-state index is 0.195. The maximum absolute atomic E-state index is 12.1. The van der Waals surface area contributed by atoms with E-state index in [4.69, 9.17) is 0 Å². The Kier molecular flexibility index (Phi) is 6.58. The highest BCUT2D eigenvalue weighted by molar-refractivity contribution is 5.94. The van der Waals surface area contributed by atoms with Crippen LogP contribution in [0.1, 0.15) is 27.9 Å². The fraction of sp³-hybridized carbons (Fsp3) is 0.412. The average molecular weight is 355 g/mol. The van der Waals surface area contributed by atoms with Gasteiger partial charge in [0.1, 0.15) is 6.61 Å². The lowest BCUT2D eigenvalue weighted by Gasteiger charge is -2.09. The van der Waals surface area contributed by atoms with Crippen LogP contribution < -0.4 is 5.32 Å². The SMILES string of the molecule is Cc1cnn(CCCNC(=O)c2cccc(COCC(F)(F)F)c2)c1. The second-order valence-electron chi connectivity index (χ2n) is 5.70. The van der Waals surface area contributed by atoms with Crippen LogP contribution in [0.5, 0.6) is 0 Å². The normalized spacial score (nSPS) is 11.5. The molecule has 25 heavy (non-hydrogen) atoms. The summed E-state index contributed by atoms with van der Waals surface area (Å²) in [5, 5.41) is 6.94. The first-order valence-electron chi connectivity index (χ1n) is 7.84. The maximum Gasteiger partial charge on any atom is 0.411 e. The average Bonchev–Trinajstić information content (AvgIpc) is 2.96. The van der Waals surface area contributed by atoms with Crippen LogP contribution >= 0.6 is 0 Å². The Balaban J connectivity index is 1.76. The number of nitrogens with one attached hydrogen (secondary N) is 1. The van der Waals surface area contributed by atoms with Crippen LogP contribution in [0.15, 0.2) is 36.7 Å². The molecule has 1 amide bonds. The molecule has 0 unspecified atom stereocenters. The Hall–Kier alpha value is -2.35. The minimum Gasteiger partial charge on any atom is -0.367 e. The van der Waals surface area contributed by atoms with Gasteiger partial charge < -0.3 is 10.1 Å². The van der Waals surface area contributed by atoms with Gasteiger partial charge in [-0.2, -0.15) is 18.3 Å². The number of carbonyl (C=O) groups is 1. The van der Waals surface area contributed by atoms with Crippen LogP contribution in [0.3, 0.4) is 0 Å². The lowest BCUT2D eigenvalue weighted by Crippen LogP contribution is -2.25. The van der Waals surface area contributed by atoms with Crippen LogP contribution in [0.25, 0.3) is 0 Å². The van der Waals surface area contributed by atoms with E-state index in [9.17, 15) is 18.0 Å². The van der Waals surface area contributed by atoms with Gasteiger partial charge in [-0.1, -0.05) is 12.1 Å². The first-order chi connectivity index (χ1) is 11.8. The van der Waals surface area contributed by atoms with E-state index in [1.165, 1.54) is 6.07 Å². The van der Waals surface area contributed by atoms with E-state index in [1.807, 2.05) is 13.1 Å². The quantitative estimate of drug-likeness (QED) is 0.741. The smallest absolute Gasteiger partial charge is 0.367 e. The van der Waals surface area contributed by atoms with Crippen LogP contribution in [0, 0.1) is 6.92 Å². The van der Waals surface area contributed by atoms with Gasteiger partial charge in [0.05, 0.1) is 12.8 Å². The number of aryl methyl sites for hydroxylation is 2. The van der Waals surface area contributed by atoms with Gasteiger partial charge in [0.15, 0.2) is 0 Å². The summed E-state index contributed by atoms with van der Waals surface area (Å²) in [6.45, 7) is 1.62. The van der Waals surface area contributed by atoms with Crippen molar-refractivity contribution < 1.29 is 22.7 Å². The number of benzene rings is 1. The first-order valence-corrected chi connectivity index (χ1v) is 7.84. The van der Waals surface area contributed by atoms with Crippen LogP contribution in [0.2, 0.25) is 0 Å². The van der Waals surface area contributed by atoms with Crippen LogP contribution in [-0.2, 0) is 17.9 Å². The summed E-state index contributed by atoms with van der Waals surface area (Å²) in [5.41, 5.74) is 1.99. The van der Waals surface area contributed by atoms with Gasteiger partial charge in [-0.15, -0.1) is 0 Å². The highest BCUT2D eigenvalue weighted by Crippen LogP contribution is 2.16. The summed E-state index contributed by atoms with van der Waals surface area (Å²) in [6, 6.07) is 6.38. The van der Waals surface area contributed by atoms with E-state index in [1.54, 1.807) is 29.1 Å². The molecule has 0 aliphatic heterocycles. The number of halogens is 3. The summed E-state index contributed by atoms with van der Waals surface area (Å²) in [4.78, 5) is 12.1. The number of carbonyl (C=O) groups excluding carboxylic acids is 1. The monoisotopic (exact) mass is 355 g/mol. The molecule has 2 aromatic rings. The molecule has 1 aromatic heterocycles. The molecule has 8 heteroatoms. The molecule has 0 saturated heterocycles. The predicted molar refractivity (Wildman–Crippen MR) is 86.1 cm³/mol. The van der Waals surface area contributed by atoms with Gasteiger partial charge in [0, 0.05) is 24.8 Å². The second-order valence-corrected chi connectivity index (χ2v) is 5.70. The molecule has 136 valence electrons. The zero-order valence-corrected chi connectivity index (χ0v) is 13.8. The van der Waals surface area contributed by atoms with Crippen molar-refractivity contribution in [2.24, 2.45) is 0 Å². The molecule has 1 heterocycles. The van der Waals surface area contributed by atoms with Crippen LogP contribution in [0.4, 0.5) is 13.2 Å². The van der Waals surface area contributed by atoms with Gasteiger partial charge in [0.25, 0.3) is 5.91 Å². The molecule has 0 bridgehead atoms. The number of amides is 1. The molecule has 2 rings (SSSR count). The highest BCUT2D eigenvalue weighted by atomic mass is 19.4. The van der Waals surface area contributed by atoms with Crippen molar-refractivity contribution in [3.05, 3.63) is 53.3 Å². The van der Waals surface area contributed by atoms with Gasteiger partial charge in [-0.25, -0.2) is 0 Å². The third kappa shape index (κ3) is 6.96. The van der Waals surface area contributed by atoms with Crippen molar-refractivity contribution in [1.82, 2.24) is 15.1 Å². The summed E-state index contributed by atoms with van der Waals surface area (Å²) in [7, 11) is 0. The molecule has 0 aliphatic rings. The zero-order valence-electron chi connectivity index (χ0n) is 13.8. The molecule has 0 atom stereocenters. The largest absolute Gasteiger partial charge is 0.411 e. The molecule has 0 radical (unpaired) electrons. The Labute approximate surface area is 143 Å². The third-order valence-electron chi connectivity index (χ3n) is 3.34. The third-order valence-corrected chi connectivity index (χ3v) is 3.34. The second kappa shape index (κ2) is 8.66. The summed E-state index contributed by atoms with van der Waals surface area (Å²) in [6.07, 6.45) is 0.0561. The molecule has 0 aliphatic carbocycles. The van der Waals surface area contributed by atoms with E-state index >= 15 is 0 Å². The molecule has 0 fully saturated rings. The van der Waals surface area contributed by atoms with Gasteiger partial charge in [-0.05, 0) is 36.6 Å². The Bertz CT molecular complexity index is 698. The molecular formula is C17H20F3N3O2. The van der Waals surface area contributed by atoms with Crippen molar-refractivity contribution in [3.63, 3.8) is 0 Å². The fourth-order valence-electron chi connectivity index (χ4n) is 2.22. The lowest BCUT2D eigenvalue weighted by atomic mass is 10.1. The van der Waals surface area contributed by atoms with E-state index < -0.39 is 12.8 Å². The topological polar surface area (TPSA) is 56.2 Å². The van der Waals surface area contributed by atoms with Crippen molar-refractivity contribution in [1.29, 1.82) is 0 Å². The molecule has 1 N–H and O–H groups in total. The molecule has 5 nitrogen and oxygen atoms in total. The maximum atomic E-state index is 12.1. The van der Waals surface area contributed by atoms with Gasteiger partial charge in [0.2, 0.25) is 0 Å². The molecule has 1 aromatic carbocycles. The number of hydrogen-bond acceptors (Lipinski definition) is 3. The predicted octanol–water partition coefficient (Wildman–Crippen LogP) is 3.09. The van der Waals surface area contributed by atoms with Gasteiger partial charge >= 0.3 is 6.18 Å². The van der Waals surface area contributed by atoms with Crippen molar-refractivity contribution in [3.8, 4) is 0 Å². The number of hydrogen-bond donors (Lipinski definition) is 1. The summed E-state index contributed by atoms with van der Waals surface area (Å²) in [5.74, 6) is -0.269. The Morgan fingerprint density at radius 3 is 2.84 bits per heavy atom. The van der Waals surface area contributed by atoms with E-state index in [0.29, 0.717) is 24.2 Å². The molecular weight excluding hydrogens is 335 g/mol. The number of ether oxygens (including phenoxy) is 1. The highest BCUT2D eigenvalue weighted by Gasteiger charge is 2.27. The van der Waals surface area contributed by atoms with Crippen molar-refractivity contribution in [2.45, 2.75) is 32.7 Å². The van der Waals surface area contributed by atoms with Gasteiger partial charge in [-0.3, -0.25) is 9.48 Å². The van der Waals surface area contributed by atoms with E-state index in [0.717, 1.165) is 12.0 Å². The standard InChI is InChI=1S/C17H20F3N3O2/c1-13-9-22-23(10-13)7-3-6-21-16(24)15-5-2-4-14(8-15)11-25-12-17(18,19)20/h2,4-5,8-10H,3,6-7,11-12H2,1H3,(H,21,24). The van der Waals surface area contributed by atoms with E-state index in [2.05, 4.69) is 15.2 Å². The number of alkyl halides is 3.